The maximum Gasteiger partial charge on any atom is 0.0863 e. The van der Waals surface area contributed by atoms with Crippen molar-refractivity contribution in [3.05, 3.63) is 0 Å². The van der Waals surface area contributed by atoms with Gasteiger partial charge in [-0.05, 0) is 50.4 Å². The van der Waals surface area contributed by atoms with Crippen LogP contribution < -0.4 is 0 Å². The zero-order chi connectivity index (χ0) is 13.2. The van der Waals surface area contributed by atoms with Gasteiger partial charge >= 0.3 is 0 Å². The molecule has 2 aliphatic rings. The van der Waals surface area contributed by atoms with Gasteiger partial charge in [0.15, 0.2) is 0 Å². The zero-order valence-corrected chi connectivity index (χ0v) is 11.9. The van der Waals surface area contributed by atoms with Gasteiger partial charge in [0.25, 0.3) is 0 Å². The Bertz CT molecular complexity index is 324. The Labute approximate surface area is 111 Å². The molecule has 0 aromatic rings. The molecule has 18 heavy (non-hydrogen) atoms. The van der Waals surface area contributed by atoms with E-state index in [4.69, 9.17) is 0 Å². The summed E-state index contributed by atoms with van der Waals surface area (Å²) in [6.45, 7) is 4.40. The first-order valence-electron chi connectivity index (χ1n) is 7.75. The Morgan fingerprint density at radius 2 is 1.78 bits per heavy atom. The number of hydrogen-bond acceptors (Lipinski definition) is 2. The maximum absolute atomic E-state index is 11.2. The smallest absolute Gasteiger partial charge is 0.0863 e. The van der Waals surface area contributed by atoms with Crippen LogP contribution in [-0.4, -0.2) is 10.7 Å². The highest BCUT2D eigenvalue weighted by atomic mass is 16.3. The summed E-state index contributed by atoms with van der Waals surface area (Å²) in [5, 5.41) is 20.9. The van der Waals surface area contributed by atoms with Crippen molar-refractivity contribution < 1.29 is 5.11 Å². The van der Waals surface area contributed by atoms with Crippen LogP contribution in [0.5, 0.6) is 0 Å². The molecule has 0 radical (unpaired) electrons. The molecule has 0 amide bonds. The van der Waals surface area contributed by atoms with E-state index in [2.05, 4.69) is 19.9 Å². The Hall–Kier alpha value is -0.550. The molecule has 2 unspecified atom stereocenters. The molecule has 2 fully saturated rings. The minimum absolute atomic E-state index is 0.343. The lowest BCUT2D eigenvalue weighted by molar-refractivity contribution is -0.106. The van der Waals surface area contributed by atoms with Gasteiger partial charge in [0.2, 0.25) is 0 Å². The second kappa shape index (κ2) is 5.21. The van der Waals surface area contributed by atoms with Gasteiger partial charge in [0.05, 0.1) is 17.1 Å². The molecule has 0 saturated heterocycles. The summed E-state index contributed by atoms with van der Waals surface area (Å²) in [5.41, 5.74) is -1.15. The van der Waals surface area contributed by atoms with E-state index in [1.165, 1.54) is 6.42 Å². The molecule has 0 aromatic heterocycles. The van der Waals surface area contributed by atoms with E-state index in [1.54, 1.807) is 0 Å². The third-order valence-electron chi connectivity index (χ3n) is 5.86. The van der Waals surface area contributed by atoms with Crippen molar-refractivity contribution in [3.63, 3.8) is 0 Å². The van der Waals surface area contributed by atoms with E-state index < -0.39 is 11.0 Å². The van der Waals surface area contributed by atoms with E-state index in [9.17, 15) is 10.4 Å². The zero-order valence-electron chi connectivity index (χ0n) is 11.9. The summed E-state index contributed by atoms with van der Waals surface area (Å²) in [7, 11) is 0. The molecule has 2 heteroatoms. The minimum Gasteiger partial charge on any atom is -0.388 e. The van der Waals surface area contributed by atoms with Gasteiger partial charge < -0.3 is 5.11 Å². The first-order valence-corrected chi connectivity index (χ1v) is 7.75. The van der Waals surface area contributed by atoms with Crippen molar-refractivity contribution >= 4 is 0 Å². The molecule has 2 atom stereocenters. The van der Waals surface area contributed by atoms with E-state index in [1.807, 2.05) is 0 Å². The van der Waals surface area contributed by atoms with Gasteiger partial charge in [-0.25, -0.2) is 0 Å². The first kappa shape index (κ1) is 13.9. The molecule has 2 rings (SSSR count). The number of hydrogen-bond donors (Lipinski definition) is 1. The van der Waals surface area contributed by atoms with E-state index >= 15 is 0 Å². The molecule has 0 aromatic carbocycles. The van der Waals surface area contributed by atoms with Crippen LogP contribution in [0.3, 0.4) is 0 Å². The molecular formula is C16H27NO. The number of nitrogens with zero attached hydrogens (tertiary/aromatic N) is 1. The van der Waals surface area contributed by atoms with Crippen molar-refractivity contribution in [3.8, 4) is 6.07 Å². The SMILES string of the molecule is CCC1CCC(C#N)(C2(O)CCCC2CC)CC1. The molecule has 2 aliphatic carbocycles. The fraction of sp³-hybridized carbons (Fsp3) is 0.938. The molecule has 0 aliphatic heterocycles. The standard InChI is InChI=1S/C16H27NO/c1-3-13-7-10-15(12-17,11-8-13)16(18)9-5-6-14(16)4-2/h13-14,18H,3-11H2,1-2H3. The van der Waals surface area contributed by atoms with Gasteiger partial charge in [-0.2, -0.15) is 5.26 Å². The summed E-state index contributed by atoms with van der Waals surface area (Å²) in [4.78, 5) is 0. The van der Waals surface area contributed by atoms with Gasteiger partial charge in [-0.1, -0.05) is 33.1 Å². The summed E-state index contributed by atoms with van der Waals surface area (Å²) in [6, 6.07) is 2.56. The number of nitriles is 1. The van der Waals surface area contributed by atoms with Crippen LogP contribution in [0.4, 0.5) is 0 Å². The minimum atomic E-state index is -0.699. The van der Waals surface area contributed by atoms with Crippen LogP contribution in [0.1, 0.15) is 71.6 Å². The van der Waals surface area contributed by atoms with Crippen LogP contribution in [0.15, 0.2) is 0 Å². The Kier molecular flexibility index (Phi) is 4.02. The van der Waals surface area contributed by atoms with Crippen LogP contribution in [0.25, 0.3) is 0 Å². The number of aliphatic hydroxyl groups is 1. The molecule has 2 saturated carbocycles. The average Bonchev–Trinajstić information content (AvgIpc) is 2.81. The summed E-state index contributed by atoms with van der Waals surface area (Å²) in [6.07, 6.45) is 9.35. The van der Waals surface area contributed by atoms with Crippen molar-refractivity contribution in [2.45, 2.75) is 77.2 Å². The predicted octanol–water partition coefficient (Wildman–Crippen LogP) is 4.04. The lowest BCUT2D eigenvalue weighted by Crippen LogP contribution is -2.51. The molecule has 1 N–H and O–H groups in total. The highest BCUT2D eigenvalue weighted by Crippen LogP contribution is 2.55. The molecule has 2 nitrogen and oxygen atoms in total. The number of rotatable bonds is 3. The summed E-state index contributed by atoms with van der Waals surface area (Å²) >= 11 is 0. The van der Waals surface area contributed by atoms with Crippen LogP contribution in [0, 0.1) is 28.6 Å². The lowest BCUT2D eigenvalue weighted by Gasteiger charge is -2.47. The van der Waals surface area contributed by atoms with Crippen molar-refractivity contribution in [2.24, 2.45) is 17.3 Å². The third kappa shape index (κ3) is 1.97. The van der Waals surface area contributed by atoms with Gasteiger partial charge in [-0.15, -0.1) is 0 Å². The second-order valence-electron chi connectivity index (χ2n) is 6.47. The molecule has 0 heterocycles. The lowest BCUT2D eigenvalue weighted by atomic mass is 9.58. The van der Waals surface area contributed by atoms with E-state index in [-0.39, 0.29) is 0 Å². The predicted molar refractivity (Wildman–Crippen MR) is 72.9 cm³/mol. The second-order valence-corrected chi connectivity index (χ2v) is 6.47. The summed E-state index contributed by atoms with van der Waals surface area (Å²) < 4.78 is 0. The average molecular weight is 249 g/mol. The topological polar surface area (TPSA) is 44.0 Å². The quantitative estimate of drug-likeness (QED) is 0.820. The molecule has 0 spiro atoms. The first-order chi connectivity index (χ1) is 8.62. The van der Waals surface area contributed by atoms with Gasteiger partial charge in [0, 0.05) is 0 Å². The van der Waals surface area contributed by atoms with Crippen LogP contribution in [0.2, 0.25) is 0 Å². The largest absolute Gasteiger partial charge is 0.388 e. The Morgan fingerprint density at radius 3 is 2.28 bits per heavy atom. The third-order valence-corrected chi connectivity index (χ3v) is 5.86. The fourth-order valence-electron chi connectivity index (χ4n) is 4.45. The monoisotopic (exact) mass is 249 g/mol. The molecule has 102 valence electrons. The Balaban J connectivity index is 2.20. The van der Waals surface area contributed by atoms with Gasteiger partial charge in [0.1, 0.15) is 0 Å². The molecule has 0 bridgehead atoms. The highest BCUT2D eigenvalue weighted by molar-refractivity contribution is 5.16. The van der Waals surface area contributed by atoms with Crippen LogP contribution in [-0.2, 0) is 0 Å². The van der Waals surface area contributed by atoms with E-state index in [0.29, 0.717) is 5.92 Å². The highest BCUT2D eigenvalue weighted by Gasteiger charge is 2.57. The fourth-order valence-corrected chi connectivity index (χ4v) is 4.45. The normalized spacial score (nSPS) is 44.8. The summed E-state index contributed by atoms with van der Waals surface area (Å²) in [5.74, 6) is 1.12. The Morgan fingerprint density at radius 1 is 1.11 bits per heavy atom. The van der Waals surface area contributed by atoms with Gasteiger partial charge in [-0.3, -0.25) is 0 Å². The molecular weight excluding hydrogens is 222 g/mol. The van der Waals surface area contributed by atoms with Crippen molar-refractivity contribution in [1.82, 2.24) is 0 Å². The van der Waals surface area contributed by atoms with E-state index in [0.717, 1.165) is 57.3 Å². The van der Waals surface area contributed by atoms with Crippen molar-refractivity contribution in [2.75, 3.05) is 0 Å². The van der Waals surface area contributed by atoms with Crippen molar-refractivity contribution in [1.29, 1.82) is 5.26 Å². The van der Waals surface area contributed by atoms with Crippen LogP contribution >= 0.6 is 0 Å². The maximum atomic E-state index is 11.2.